The third-order valence-electron chi connectivity index (χ3n) is 7.34. The molecule has 2 heterocycles. The van der Waals surface area contributed by atoms with Crippen molar-refractivity contribution in [1.29, 1.82) is 0 Å². The van der Waals surface area contributed by atoms with Crippen molar-refractivity contribution in [3.63, 3.8) is 0 Å². The molecular formula is C37H52N6O2. The molecule has 2 aromatic carbocycles. The lowest BCUT2D eigenvalue weighted by atomic mass is 10.0. The van der Waals surface area contributed by atoms with Gasteiger partial charge in [-0.25, -0.2) is 9.97 Å². The van der Waals surface area contributed by atoms with Crippen molar-refractivity contribution in [2.75, 3.05) is 20.1 Å². The molecule has 45 heavy (non-hydrogen) atoms. The van der Waals surface area contributed by atoms with Gasteiger partial charge in [0.2, 0.25) is 5.91 Å². The second-order valence-electron chi connectivity index (χ2n) is 12.6. The standard InChI is InChI=1S/C32H42N6O.C5H10O/c1-6-16-37(5)21-30-33-19-28(35-30)26-12-8-24(9-13-26)25-10-14-27(15-11-25)29-20-34-31(36-29)22-38(17-7-2)32(39)18-23(3)4;1-5(2)3-4-6/h8-15,19-20,23H,6-7,16-18,21-22H2,1-5H3,(H,33,35)(H,34,36);4-5H,3H2,1-2H3. The first-order valence-electron chi connectivity index (χ1n) is 16.3. The molecule has 0 unspecified atom stereocenters. The van der Waals surface area contributed by atoms with Crippen molar-refractivity contribution in [2.45, 2.75) is 80.3 Å². The van der Waals surface area contributed by atoms with Crippen LogP contribution in [-0.2, 0) is 22.7 Å². The molecule has 0 bridgehead atoms. The fraction of sp³-hybridized carbons (Fsp3) is 0.459. The van der Waals surface area contributed by atoms with Crippen molar-refractivity contribution in [3.05, 3.63) is 72.6 Å². The van der Waals surface area contributed by atoms with Gasteiger partial charge in [-0.15, -0.1) is 0 Å². The summed E-state index contributed by atoms with van der Waals surface area (Å²) in [4.78, 5) is 42.4. The number of aromatic amines is 2. The van der Waals surface area contributed by atoms with Gasteiger partial charge in [0.05, 0.1) is 36.9 Å². The predicted molar refractivity (Wildman–Crippen MR) is 184 cm³/mol. The van der Waals surface area contributed by atoms with Gasteiger partial charge in [0.25, 0.3) is 0 Å². The van der Waals surface area contributed by atoms with Gasteiger partial charge in [-0.1, -0.05) is 90.1 Å². The van der Waals surface area contributed by atoms with Crippen molar-refractivity contribution < 1.29 is 9.59 Å². The molecule has 2 N–H and O–H groups in total. The van der Waals surface area contributed by atoms with Gasteiger partial charge in [-0.05, 0) is 60.5 Å². The largest absolute Gasteiger partial charge is 0.341 e. The molecule has 0 atom stereocenters. The molecule has 2 aromatic heterocycles. The highest BCUT2D eigenvalue weighted by molar-refractivity contribution is 5.76. The molecule has 4 rings (SSSR count). The predicted octanol–water partition coefficient (Wildman–Crippen LogP) is 7.99. The number of aldehydes is 1. The average Bonchev–Trinajstić information content (AvgIpc) is 3.67. The van der Waals surface area contributed by atoms with E-state index in [1.807, 2.05) is 31.1 Å². The van der Waals surface area contributed by atoms with E-state index in [4.69, 9.17) is 0 Å². The number of rotatable bonds is 15. The Hall–Kier alpha value is -4.04. The van der Waals surface area contributed by atoms with Gasteiger partial charge in [-0.2, -0.15) is 0 Å². The number of carbonyl (C=O) groups excluding carboxylic acids is 2. The molecule has 8 heteroatoms. The number of carbonyl (C=O) groups is 2. The van der Waals surface area contributed by atoms with Gasteiger partial charge in [0.15, 0.2) is 0 Å². The minimum atomic E-state index is 0.188. The zero-order chi connectivity index (χ0) is 32.8. The van der Waals surface area contributed by atoms with Crippen molar-refractivity contribution in [3.8, 4) is 33.6 Å². The summed E-state index contributed by atoms with van der Waals surface area (Å²) in [6.07, 6.45) is 8.04. The zero-order valence-corrected chi connectivity index (χ0v) is 28.3. The smallest absolute Gasteiger partial charge is 0.223 e. The molecule has 0 saturated carbocycles. The Balaban J connectivity index is 0.000000838. The molecule has 1 amide bonds. The summed E-state index contributed by atoms with van der Waals surface area (Å²) >= 11 is 0. The highest BCUT2D eigenvalue weighted by atomic mass is 16.2. The Labute approximate surface area is 269 Å². The Morgan fingerprint density at radius 3 is 1.60 bits per heavy atom. The van der Waals surface area contributed by atoms with Crippen molar-refractivity contribution in [2.24, 2.45) is 11.8 Å². The monoisotopic (exact) mass is 612 g/mol. The number of hydrogen-bond donors (Lipinski definition) is 2. The fourth-order valence-corrected chi connectivity index (χ4v) is 4.99. The molecule has 0 aliphatic heterocycles. The lowest BCUT2D eigenvalue weighted by Crippen LogP contribution is -2.32. The first kappa shape index (κ1) is 35.4. The van der Waals surface area contributed by atoms with Gasteiger partial charge in [0, 0.05) is 19.4 Å². The summed E-state index contributed by atoms with van der Waals surface area (Å²) in [5, 5.41) is 0. The number of nitrogens with zero attached hydrogens (tertiary/aromatic N) is 4. The zero-order valence-electron chi connectivity index (χ0n) is 28.3. The topological polar surface area (TPSA) is 98.0 Å². The minimum Gasteiger partial charge on any atom is -0.341 e. The molecule has 4 aromatic rings. The van der Waals surface area contributed by atoms with Crippen LogP contribution in [0, 0.1) is 11.8 Å². The number of imidazole rings is 2. The summed E-state index contributed by atoms with van der Waals surface area (Å²) in [5.74, 6) is 2.87. The van der Waals surface area contributed by atoms with Gasteiger partial charge in [0.1, 0.15) is 17.9 Å². The van der Waals surface area contributed by atoms with Crippen LogP contribution in [0.4, 0.5) is 0 Å². The van der Waals surface area contributed by atoms with Gasteiger partial charge < -0.3 is 19.7 Å². The molecule has 0 saturated heterocycles. The molecule has 0 spiro atoms. The molecule has 0 aliphatic rings. The maximum atomic E-state index is 12.6. The summed E-state index contributed by atoms with van der Waals surface area (Å²) < 4.78 is 0. The van der Waals surface area contributed by atoms with Crippen LogP contribution in [0.3, 0.4) is 0 Å². The number of H-pyrrole nitrogens is 2. The number of nitrogens with one attached hydrogen (secondary N) is 2. The van der Waals surface area contributed by atoms with E-state index in [1.165, 1.54) is 0 Å². The van der Waals surface area contributed by atoms with Crippen LogP contribution in [0.1, 0.15) is 78.9 Å². The van der Waals surface area contributed by atoms with Crippen LogP contribution in [0.5, 0.6) is 0 Å². The SMILES string of the molecule is CC(C)CC=O.CCCN(C)Cc1ncc(-c2ccc(-c3ccc(-c4cnc(CN(CCC)C(=O)CC(C)C)[nH]4)cc3)cc2)[nH]1. The fourth-order valence-electron chi connectivity index (χ4n) is 4.99. The molecule has 0 radical (unpaired) electrons. The molecule has 242 valence electrons. The number of benzene rings is 2. The molecule has 8 nitrogen and oxygen atoms in total. The van der Waals surface area contributed by atoms with Gasteiger partial charge >= 0.3 is 0 Å². The van der Waals surface area contributed by atoms with Crippen LogP contribution in [-0.4, -0.2) is 62.1 Å². The van der Waals surface area contributed by atoms with Crippen LogP contribution in [0.2, 0.25) is 0 Å². The highest BCUT2D eigenvalue weighted by Crippen LogP contribution is 2.27. The summed E-state index contributed by atoms with van der Waals surface area (Å²) in [7, 11) is 2.12. The Kier molecular flexibility index (Phi) is 14.2. The lowest BCUT2D eigenvalue weighted by molar-refractivity contribution is -0.132. The van der Waals surface area contributed by atoms with E-state index in [9.17, 15) is 9.59 Å². The number of amides is 1. The van der Waals surface area contributed by atoms with E-state index >= 15 is 0 Å². The quantitative estimate of drug-likeness (QED) is 0.133. The van der Waals surface area contributed by atoms with E-state index in [1.54, 1.807) is 0 Å². The molecular weight excluding hydrogens is 560 g/mol. The van der Waals surface area contributed by atoms with E-state index in [0.29, 0.717) is 31.2 Å². The van der Waals surface area contributed by atoms with Crippen LogP contribution in [0.15, 0.2) is 60.9 Å². The second-order valence-corrected chi connectivity index (χ2v) is 12.6. The summed E-state index contributed by atoms with van der Waals surface area (Å²) in [5.41, 5.74) is 6.51. The highest BCUT2D eigenvalue weighted by Gasteiger charge is 2.16. The van der Waals surface area contributed by atoms with Crippen molar-refractivity contribution >= 4 is 12.2 Å². The molecule has 0 fully saturated rings. The minimum absolute atomic E-state index is 0.188. The van der Waals surface area contributed by atoms with E-state index in [0.717, 1.165) is 84.1 Å². The third kappa shape index (κ3) is 11.4. The van der Waals surface area contributed by atoms with Gasteiger partial charge in [-0.3, -0.25) is 9.69 Å². The maximum Gasteiger partial charge on any atom is 0.223 e. The lowest BCUT2D eigenvalue weighted by Gasteiger charge is -2.22. The maximum absolute atomic E-state index is 12.6. The Morgan fingerprint density at radius 1 is 0.733 bits per heavy atom. The van der Waals surface area contributed by atoms with Crippen LogP contribution >= 0.6 is 0 Å². The summed E-state index contributed by atoms with van der Waals surface area (Å²) in [6.45, 7) is 15.6. The first-order valence-corrected chi connectivity index (χ1v) is 16.3. The normalized spacial score (nSPS) is 11.2. The third-order valence-corrected chi connectivity index (χ3v) is 7.34. The van der Waals surface area contributed by atoms with E-state index < -0.39 is 0 Å². The Morgan fingerprint density at radius 2 is 1.20 bits per heavy atom. The second kappa shape index (κ2) is 18.1. The number of aromatic nitrogens is 4. The number of hydrogen-bond acceptors (Lipinski definition) is 5. The van der Waals surface area contributed by atoms with E-state index in [2.05, 4.69) is 108 Å². The van der Waals surface area contributed by atoms with Crippen molar-refractivity contribution in [1.82, 2.24) is 29.7 Å². The average molecular weight is 613 g/mol. The Bertz CT molecular complexity index is 1440. The summed E-state index contributed by atoms with van der Waals surface area (Å²) in [6, 6.07) is 17.1. The van der Waals surface area contributed by atoms with Crippen LogP contribution < -0.4 is 0 Å². The van der Waals surface area contributed by atoms with E-state index in [-0.39, 0.29) is 5.91 Å². The molecule has 0 aliphatic carbocycles. The first-order chi connectivity index (χ1) is 21.6. The van der Waals surface area contributed by atoms with Crippen LogP contribution in [0.25, 0.3) is 33.6 Å².